The van der Waals surface area contributed by atoms with Gasteiger partial charge in [-0.1, -0.05) is 72.8 Å². The third-order valence-corrected chi connectivity index (χ3v) is 4.81. The van der Waals surface area contributed by atoms with E-state index in [1.54, 1.807) is 0 Å². The van der Waals surface area contributed by atoms with Crippen molar-refractivity contribution in [3.8, 4) is 0 Å². The van der Waals surface area contributed by atoms with E-state index in [4.69, 9.17) is 9.84 Å². The summed E-state index contributed by atoms with van der Waals surface area (Å²) < 4.78 is 6.23. The topological polar surface area (TPSA) is 58.6 Å². The van der Waals surface area contributed by atoms with Crippen LogP contribution in [0.4, 0.5) is 0 Å². The largest absolute Gasteiger partial charge is 0.376 e. The zero-order valence-corrected chi connectivity index (χ0v) is 16.3. The van der Waals surface area contributed by atoms with E-state index in [2.05, 4.69) is 39.6 Å². The third kappa shape index (κ3) is 8.84. The number of aliphatic hydroxyl groups is 1. The summed E-state index contributed by atoms with van der Waals surface area (Å²) in [4.78, 5) is 12.1. The van der Waals surface area contributed by atoms with Gasteiger partial charge in [-0.2, -0.15) is 0 Å². The average molecular weight is 342 g/mol. The Balaban J connectivity index is 4.94. The monoisotopic (exact) mass is 341 g/mol. The SMILES string of the molecule is C=C(C(=O)NCO)C(OCC(CC)CCCC)C(CC)CCCC. The first-order valence-electron chi connectivity index (χ1n) is 9.74. The second-order valence-corrected chi connectivity index (χ2v) is 6.67. The zero-order valence-electron chi connectivity index (χ0n) is 16.3. The summed E-state index contributed by atoms with van der Waals surface area (Å²) in [6.45, 7) is 13.0. The molecule has 0 saturated carbocycles. The highest BCUT2D eigenvalue weighted by Gasteiger charge is 2.27. The van der Waals surface area contributed by atoms with Gasteiger partial charge in [0.15, 0.2) is 0 Å². The number of ether oxygens (including phenoxy) is 1. The van der Waals surface area contributed by atoms with Gasteiger partial charge in [0.1, 0.15) is 6.73 Å². The van der Waals surface area contributed by atoms with Crippen LogP contribution in [0.5, 0.6) is 0 Å². The van der Waals surface area contributed by atoms with Crippen molar-refractivity contribution in [3.63, 3.8) is 0 Å². The summed E-state index contributed by atoms with van der Waals surface area (Å²) >= 11 is 0. The van der Waals surface area contributed by atoms with Crippen LogP contribution < -0.4 is 5.32 Å². The van der Waals surface area contributed by atoms with Crippen molar-refractivity contribution < 1.29 is 14.6 Å². The first-order valence-corrected chi connectivity index (χ1v) is 9.74. The summed E-state index contributed by atoms with van der Waals surface area (Å²) in [6, 6.07) is 0. The smallest absolute Gasteiger partial charge is 0.251 e. The Bertz CT molecular complexity index is 344. The maximum Gasteiger partial charge on any atom is 0.251 e. The van der Waals surface area contributed by atoms with E-state index in [9.17, 15) is 4.79 Å². The van der Waals surface area contributed by atoms with E-state index in [1.807, 2.05) is 0 Å². The lowest BCUT2D eigenvalue weighted by Gasteiger charge is -2.29. The van der Waals surface area contributed by atoms with Crippen molar-refractivity contribution in [1.82, 2.24) is 5.32 Å². The number of unbranched alkanes of at least 4 members (excludes halogenated alkanes) is 2. The third-order valence-electron chi connectivity index (χ3n) is 4.81. The number of nitrogens with one attached hydrogen (secondary N) is 1. The van der Waals surface area contributed by atoms with Crippen LogP contribution in [0.15, 0.2) is 12.2 Å². The number of aliphatic hydroxyl groups excluding tert-OH is 1. The highest BCUT2D eigenvalue weighted by Crippen LogP contribution is 2.26. The van der Waals surface area contributed by atoms with Crippen LogP contribution in [-0.4, -0.2) is 30.5 Å². The van der Waals surface area contributed by atoms with Crippen molar-refractivity contribution >= 4 is 5.91 Å². The van der Waals surface area contributed by atoms with Gasteiger partial charge in [0.2, 0.25) is 0 Å². The molecule has 0 spiro atoms. The van der Waals surface area contributed by atoms with Crippen LogP contribution in [0.25, 0.3) is 0 Å². The minimum atomic E-state index is -0.371. The van der Waals surface area contributed by atoms with Gasteiger partial charge in [0, 0.05) is 5.57 Å². The number of carbonyl (C=O) groups is 1. The molecule has 3 atom stereocenters. The molecule has 0 bridgehead atoms. The molecule has 1 amide bonds. The fourth-order valence-electron chi connectivity index (χ4n) is 3.01. The summed E-state index contributed by atoms with van der Waals surface area (Å²) in [5.41, 5.74) is 0.442. The minimum absolute atomic E-state index is 0.260. The van der Waals surface area contributed by atoms with Gasteiger partial charge < -0.3 is 15.2 Å². The maximum atomic E-state index is 12.1. The highest BCUT2D eigenvalue weighted by atomic mass is 16.5. The molecule has 0 aliphatic carbocycles. The molecule has 3 unspecified atom stereocenters. The molecule has 0 aliphatic heterocycles. The number of hydrogen-bond donors (Lipinski definition) is 2. The lowest BCUT2D eigenvalue weighted by molar-refractivity contribution is -0.120. The Hall–Kier alpha value is -0.870. The normalized spacial score (nSPS) is 14.9. The second-order valence-electron chi connectivity index (χ2n) is 6.67. The van der Waals surface area contributed by atoms with E-state index >= 15 is 0 Å². The first kappa shape index (κ1) is 23.1. The van der Waals surface area contributed by atoms with Gasteiger partial charge in [-0.05, 0) is 24.7 Å². The Morgan fingerprint density at radius 1 is 1.08 bits per heavy atom. The predicted octanol–water partition coefficient (Wildman–Crippen LogP) is 4.43. The molecule has 0 aromatic rings. The zero-order chi connectivity index (χ0) is 18.4. The van der Waals surface area contributed by atoms with Gasteiger partial charge in [-0.15, -0.1) is 0 Å². The predicted molar refractivity (Wildman–Crippen MR) is 101 cm³/mol. The van der Waals surface area contributed by atoms with E-state index < -0.39 is 0 Å². The van der Waals surface area contributed by atoms with Gasteiger partial charge in [0.25, 0.3) is 5.91 Å². The van der Waals surface area contributed by atoms with Crippen LogP contribution >= 0.6 is 0 Å². The second kappa shape index (κ2) is 14.5. The maximum absolute atomic E-state index is 12.1. The molecule has 0 fully saturated rings. The summed E-state index contributed by atoms with van der Waals surface area (Å²) in [6.07, 6.45) is 8.66. The molecule has 0 rings (SSSR count). The summed E-state index contributed by atoms with van der Waals surface area (Å²) in [5, 5.41) is 11.4. The Kier molecular flexibility index (Phi) is 13.9. The molecule has 0 saturated heterocycles. The highest BCUT2D eigenvalue weighted by molar-refractivity contribution is 5.93. The molecule has 4 nitrogen and oxygen atoms in total. The average Bonchev–Trinajstić information content (AvgIpc) is 2.59. The molecule has 0 radical (unpaired) electrons. The summed E-state index contributed by atoms with van der Waals surface area (Å²) in [7, 11) is 0. The van der Waals surface area contributed by atoms with Crippen molar-refractivity contribution in [3.05, 3.63) is 12.2 Å². The van der Waals surface area contributed by atoms with Crippen LogP contribution in [-0.2, 0) is 9.53 Å². The van der Waals surface area contributed by atoms with E-state index in [1.165, 1.54) is 19.3 Å². The van der Waals surface area contributed by atoms with Crippen LogP contribution in [0, 0.1) is 11.8 Å². The molecule has 24 heavy (non-hydrogen) atoms. The number of carbonyl (C=O) groups excluding carboxylic acids is 1. The fraction of sp³-hybridized carbons (Fsp3) is 0.850. The quantitative estimate of drug-likeness (QED) is 0.342. The van der Waals surface area contributed by atoms with Crippen molar-refractivity contribution in [2.24, 2.45) is 11.8 Å². The van der Waals surface area contributed by atoms with Crippen molar-refractivity contribution in [2.75, 3.05) is 13.3 Å². The molecular formula is C20H39NO3. The molecule has 4 heteroatoms. The molecule has 0 aliphatic rings. The van der Waals surface area contributed by atoms with Gasteiger partial charge in [-0.3, -0.25) is 4.79 Å². The van der Waals surface area contributed by atoms with E-state index in [0.29, 0.717) is 24.0 Å². The van der Waals surface area contributed by atoms with Crippen molar-refractivity contribution in [1.29, 1.82) is 0 Å². The number of amides is 1. The van der Waals surface area contributed by atoms with Crippen LogP contribution in [0.1, 0.15) is 79.1 Å². The fourth-order valence-corrected chi connectivity index (χ4v) is 3.01. The molecule has 2 N–H and O–H groups in total. The van der Waals surface area contributed by atoms with E-state index in [-0.39, 0.29) is 18.7 Å². The minimum Gasteiger partial charge on any atom is -0.376 e. The van der Waals surface area contributed by atoms with Gasteiger partial charge in [0.05, 0.1) is 12.7 Å². The summed E-state index contributed by atoms with van der Waals surface area (Å²) in [5.74, 6) is 0.523. The lowest BCUT2D eigenvalue weighted by atomic mass is 9.88. The molecule has 0 heterocycles. The van der Waals surface area contributed by atoms with Crippen LogP contribution in [0.2, 0.25) is 0 Å². The molecule has 0 aromatic carbocycles. The van der Waals surface area contributed by atoms with E-state index in [0.717, 1.165) is 32.1 Å². The molecule has 0 aromatic heterocycles. The lowest BCUT2D eigenvalue weighted by Crippen LogP contribution is -2.36. The van der Waals surface area contributed by atoms with Crippen LogP contribution in [0.3, 0.4) is 0 Å². The van der Waals surface area contributed by atoms with Gasteiger partial charge in [-0.25, -0.2) is 0 Å². The first-order chi connectivity index (χ1) is 11.5. The number of hydrogen-bond acceptors (Lipinski definition) is 3. The Labute approximate surface area is 149 Å². The Morgan fingerprint density at radius 3 is 2.21 bits per heavy atom. The number of rotatable bonds is 15. The van der Waals surface area contributed by atoms with Crippen molar-refractivity contribution in [2.45, 2.75) is 85.2 Å². The van der Waals surface area contributed by atoms with Gasteiger partial charge >= 0.3 is 0 Å². The standard InChI is InChI=1S/C20H39NO3/c1-6-10-12-17(8-3)14-24-19(16(5)20(23)21-15-22)18(9-4)13-11-7-2/h17-19,22H,5-15H2,1-4H3,(H,21,23). The Morgan fingerprint density at radius 2 is 1.71 bits per heavy atom. The molecular weight excluding hydrogens is 302 g/mol. The molecule has 142 valence electrons.